The van der Waals surface area contributed by atoms with E-state index in [0.717, 1.165) is 6.42 Å². The summed E-state index contributed by atoms with van der Waals surface area (Å²) in [6, 6.07) is 0.359. The van der Waals surface area contributed by atoms with E-state index in [1.807, 2.05) is 0 Å². The first-order chi connectivity index (χ1) is 8.03. The smallest absolute Gasteiger partial charge is 0.377 e. The number of thioether (sulfide) groups is 1. The van der Waals surface area contributed by atoms with Crippen LogP contribution < -0.4 is 5.32 Å². The normalized spacial score (nSPS) is 36.2. The predicted octanol–water partition coefficient (Wildman–Crippen LogP) is 1.81. The van der Waals surface area contributed by atoms with Gasteiger partial charge >= 0.3 is 11.9 Å². The number of cyclic esters (lactones) is 1. The molecule has 2 fully saturated rings. The van der Waals surface area contributed by atoms with Crippen LogP contribution in [0.1, 0.15) is 25.7 Å². The van der Waals surface area contributed by atoms with E-state index >= 15 is 0 Å². The summed E-state index contributed by atoms with van der Waals surface area (Å²) in [5, 5.41) is 3.80. The van der Waals surface area contributed by atoms with Crippen molar-refractivity contribution in [2.24, 2.45) is 0 Å². The lowest BCUT2D eigenvalue weighted by atomic mass is 10.2. The summed E-state index contributed by atoms with van der Waals surface area (Å²) in [6.45, 7) is 0.336. The fourth-order valence-electron chi connectivity index (χ4n) is 2.49. The average molecular weight is 265 g/mol. The van der Waals surface area contributed by atoms with Gasteiger partial charge in [-0.15, -0.1) is 0 Å². The van der Waals surface area contributed by atoms with Gasteiger partial charge in [-0.2, -0.15) is 20.5 Å². The molecule has 1 heterocycles. The Bertz CT molecular complexity index is 301. The minimum Gasteiger partial charge on any atom is -0.456 e. The lowest BCUT2D eigenvalue weighted by Gasteiger charge is -2.20. The zero-order chi connectivity index (χ0) is 12.5. The largest absolute Gasteiger partial charge is 0.456 e. The number of rotatable bonds is 4. The zero-order valence-corrected chi connectivity index (χ0v) is 10.6. The van der Waals surface area contributed by atoms with Crippen LogP contribution in [0.3, 0.4) is 0 Å². The Morgan fingerprint density at radius 3 is 2.88 bits per heavy atom. The van der Waals surface area contributed by atoms with Gasteiger partial charge in [-0.05, 0) is 19.1 Å². The highest BCUT2D eigenvalue weighted by Crippen LogP contribution is 2.32. The van der Waals surface area contributed by atoms with Gasteiger partial charge in [-0.25, -0.2) is 4.79 Å². The summed E-state index contributed by atoms with van der Waals surface area (Å²) >= 11 is 1.80. The molecule has 0 aromatic rings. The molecule has 0 spiro atoms. The van der Waals surface area contributed by atoms with Crippen LogP contribution in [-0.4, -0.2) is 42.1 Å². The number of ether oxygens (including phenoxy) is 1. The monoisotopic (exact) mass is 265 g/mol. The maximum atomic E-state index is 12.9. The molecule has 3 nitrogen and oxygen atoms in total. The van der Waals surface area contributed by atoms with Gasteiger partial charge in [0, 0.05) is 17.8 Å². The van der Waals surface area contributed by atoms with E-state index in [4.69, 9.17) is 0 Å². The van der Waals surface area contributed by atoms with Gasteiger partial charge in [-0.1, -0.05) is 6.42 Å². The minimum atomic E-state index is -3.29. The molecule has 0 radical (unpaired) electrons. The van der Waals surface area contributed by atoms with Crippen molar-refractivity contribution in [3.63, 3.8) is 0 Å². The summed E-state index contributed by atoms with van der Waals surface area (Å²) in [5.74, 6) is -4.67. The Morgan fingerprint density at radius 2 is 2.29 bits per heavy atom. The molecule has 1 aliphatic heterocycles. The van der Waals surface area contributed by atoms with Crippen molar-refractivity contribution in [1.82, 2.24) is 5.32 Å². The molecule has 6 heteroatoms. The highest BCUT2D eigenvalue weighted by molar-refractivity contribution is 7.99. The number of hydrogen-bond acceptors (Lipinski definition) is 4. The van der Waals surface area contributed by atoms with E-state index in [2.05, 4.69) is 16.3 Å². The quantitative estimate of drug-likeness (QED) is 0.787. The second-order valence-electron chi connectivity index (χ2n) is 4.66. The molecule has 0 bridgehead atoms. The molecule has 17 heavy (non-hydrogen) atoms. The van der Waals surface area contributed by atoms with E-state index < -0.39 is 24.4 Å². The first-order valence-corrected chi connectivity index (χ1v) is 7.17. The van der Waals surface area contributed by atoms with Crippen molar-refractivity contribution in [1.29, 1.82) is 0 Å². The molecule has 1 aliphatic carbocycles. The van der Waals surface area contributed by atoms with E-state index in [1.165, 1.54) is 12.8 Å². The zero-order valence-electron chi connectivity index (χ0n) is 9.75. The third kappa shape index (κ3) is 2.91. The standard InChI is InChI=1S/C11H17F2NO2S/c1-17-9-4-2-3-8(9)14-6-7-5-11(12,13)10(15)16-7/h7-9,14H,2-6H2,1H3. The molecule has 1 saturated heterocycles. The molecule has 1 N–H and O–H groups in total. The Morgan fingerprint density at radius 1 is 1.53 bits per heavy atom. The van der Waals surface area contributed by atoms with Crippen LogP contribution in [0.25, 0.3) is 0 Å². The van der Waals surface area contributed by atoms with Gasteiger partial charge in [0.05, 0.1) is 6.42 Å². The van der Waals surface area contributed by atoms with Crippen LogP contribution in [0.2, 0.25) is 0 Å². The highest BCUT2D eigenvalue weighted by Gasteiger charge is 2.50. The average Bonchev–Trinajstić information content (AvgIpc) is 2.81. The van der Waals surface area contributed by atoms with Gasteiger partial charge in [0.2, 0.25) is 0 Å². The van der Waals surface area contributed by atoms with Crippen LogP contribution in [0.15, 0.2) is 0 Å². The van der Waals surface area contributed by atoms with Gasteiger partial charge < -0.3 is 10.1 Å². The molecule has 0 aromatic heterocycles. The molecular weight excluding hydrogens is 248 g/mol. The summed E-state index contributed by atoms with van der Waals surface area (Å²) < 4.78 is 30.5. The van der Waals surface area contributed by atoms with Gasteiger partial charge in [0.25, 0.3) is 0 Å². The molecule has 0 aromatic carbocycles. The van der Waals surface area contributed by atoms with E-state index in [0.29, 0.717) is 17.8 Å². The molecule has 1 saturated carbocycles. The maximum Gasteiger partial charge on any atom is 0.377 e. The lowest BCUT2D eigenvalue weighted by molar-refractivity contribution is -0.159. The molecule has 2 rings (SSSR count). The molecular formula is C11H17F2NO2S. The molecule has 2 aliphatic rings. The van der Waals surface area contributed by atoms with Crippen molar-refractivity contribution in [3.05, 3.63) is 0 Å². The molecule has 98 valence electrons. The summed E-state index contributed by atoms with van der Waals surface area (Å²) in [7, 11) is 0. The number of hydrogen-bond donors (Lipinski definition) is 1. The van der Waals surface area contributed by atoms with Crippen molar-refractivity contribution in [3.8, 4) is 0 Å². The van der Waals surface area contributed by atoms with Gasteiger partial charge in [0.15, 0.2) is 0 Å². The van der Waals surface area contributed by atoms with Crippen LogP contribution in [0.5, 0.6) is 0 Å². The lowest BCUT2D eigenvalue weighted by Crippen LogP contribution is -2.39. The third-order valence-corrected chi connectivity index (χ3v) is 4.59. The van der Waals surface area contributed by atoms with Crippen LogP contribution in [0.4, 0.5) is 8.78 Å². The Balaban J connectivity index is 1.78. The SMILES string of the molecule is CSC1CCCC1NCC1CC(F)(F)C(=O)O1. The second-order valence-corrected chi connectivity index (χ2v) is 5.73. The Kier molecular flexibility index (Phi) is 3.92. The van der Waals surface area contributed by atoms with Crippen molar-refractivity contribution < 1.29 is 18.3 Å². The van der Waals surface area contributed by atoms with Crippen molar-refractivity contribution >= 4 is 17.7 Å². The topological polar surface area (TPSA) is 38.3 Å². The second kappa shape index (κ2) is 5.10. The fourth-order valence-corrected chi connectivity index (χ4v) is 3.45. The minimum absolute atomic E-state index is 0.336. The number of esters is 1. The number of alkyl halides is 2. The number of nitrogens with one attached hydrogen (secondary N) is 1. The Labute approximate surface area is 104 Å². The number of carbonyl (C=O) groups is 1. The van der Waals surface area contributed by atoms with Crippen LogP contribution >= 0.6 is 11.8 Å². The van der Waals surface area contributed by atoms with E-state index in [1.54, 1.807) is 11.8 Å². The van der Waals surface area contributed by atoms with Crippen LogP contribution in [0, 0.1) is 0 Å². The van der Waals surface area contributed by atoms with E-state index in [-0.39, 0.29) is 0 Å². The van der Waals surface area contributed by atoms with Gasteiger partial charge in [-0.3, -0.25) is 0 Å². The summed E-state index contributed by atoms with van der Waals surface area (Å²) in [5.41, 5.74) is 0. The number of halogens is 2. The Hall–Kier alpha value is -0.360. The predicted molar refractivity (Wildman–Crippen MR) is 62.4 cm³/mol. The first-order valence-electron chi connectivity index (χ1n) is 5.88. The van der Waals surface area contributed by atoms with Crippen molar-refractivity contribution in [2.75, 3.05) is 12.8 Å². The maximum absolute atomic E-state index is 12.9. The number of carbonyl (C=O) groups excluding carboxylic acids is 1. The van der Waals surface area contributed by atoms with E-state index in [9.17, 15) is 13.6 Å². The molecule has 3 atom stereocenters. The molecule has 3 unspecified atom stereocenters. The van der Waals surface area contributed by atoms with Crippen LogP contribution in [-0.2, 0) is 9.53 Å². The third-order valence-electron chi connectivity index (χ3n) is 3.42. The summed E-state index contributed by atoms with van der Waals surface area (Å²) in [4.78, 5) is 10.8. The molecule has 0 amide bonds. The first kappa shape index (κ1) is 13.1. The van der Waals surface area contributed by atoms with Crippen molar-refractivity contribution in [2.45, 2.75) is 49.0 Å². The van der Waals surface area contributed by atoms with Gasteiger partial charge in [0.1, 0.15) is 6.10 Å². The highest BCUT2D eigenvalue weighted by atomic mass is 32.2. The summed E-state index contributed by atoms with van der Waals surface area (Å²) in [6.07, 6.45) is 4.30. The fraction of sp³-hybridized carbons (Fsp3) is 0.909.